The number of nitrogen functional groups attached to an aromatic ring is 1. The molecular formula is C20H32N5O7P. The lowest BCUT2D eigenvalue weighted by Crippen LogP contribution is -2.51. The van der Waals surface area contributed by atoms with Crippen molar-refractivity contribution in [1.29, 1.82) is 0 Å². The van der Waals surface area contributed by atoms with Crippen molar-refractivity contribution < 1.29 is 28.0 Å². The molecule has 2 bridgehead atoms. The average Bonchev–Trinajstić information content (AvgIpc) is 3.06. The molecule has 4 rings (SSSR count). The van der Waals surface area contributed by atoms with Gasteiger partial charge in [-0.1, -0.05) is 20.8 Å². The van der Waals surface area contributed by atoms with E-state index >= 15 is 0 Å². The number of nitrogens with two attached hydrogens (primary N) is 1. The number of phosphoric ester groups is 1. The Morgan fingerprint density at radius 2 is 2.06 bits per heavy atom. The second kappa shape index (κ2) is 7.86. The first-order valence-corrected chi connectivity index (χ1v) is 12.3. The molecule has 1 unspecified atom stereocenters. The summed E-state index contributed by atoms with van der Waals surface area (Å²) in [5, 5.41) is 0. The molecule has 0 amide bonds. The Balaban J connectivity index is 1.78. The number of phosphoric acid groups is 1. The van der Waals surface area contributed by atoms with E-state index in [1.165, 1.54) is 6.33 Å². The maximum Gasteiger partial charge on any atom is 0.473 e. The number of ether oxygens (including phenoxy) is 2. The molecule has 0 aliphatic carbocycles. The second-order valence-electron chi connectivity index (χ2n) is 10.9. The molecule has 0 aromatic carbocycles. The van der Waals surface area contributed by atoms with Crippen LogP contribution < -0.4 is 11.3 Å². The van der Waals surface area contributed by atoms with Gasteiger partial charge < -0.3 is 20.1 Å². The maximum atomic E-state index is 12.9. The molecule has 2 saturated heterocycles. The predicted molar refractivity (Wildman–Crippen MR) is 119 cm³/mol. The van der Waals surface area contributed by atoms with Gasteiger partial charge in [-0.3, -0.25) is 23.4 Å². The summed E-state index contributed by atoms with van der Waals surface area (Å²) in [6.45, 7) is 11.5. The van der Waals surface area contributed by atoms with Crippen LogP contribution in [0.15, 0.2) is 11.1 Å². The Morgan fingerprint density at radius 3 is 2.70 bits per heavy atom. The van der Waals surface area contributed by atoms with Gasteiger partial charge in [-0.2, -0.15) is 4.98 Å². The summed E-state index contributed by atoms with van der Waals surface area (Å²) < 4.78 is 38.2. The molecule has 33 heavy (non-hydrogen) atoms. The van der Waals surface area contributed by atoms with E-state index in [9.17, 15) is 14.3 Å². The van der Waals surface area contributed by atoms with Crippen LogP contribution in [0.2, 0.25) is 0 Å². The van der Waals surface area contributed by atoms with E-state index in [0.717, 1.165) is 0 Å². The van der Waals surface area contributed by atoms with Crippen molar-refractivity contribution in [2.75, 3.05) is 12.3 Å². The first-order chi connectivity index (χ1) is 15.1. The van der Waals surface area contributed by atoms with Gasteiger partial charge in [0.25, 0.3) is 5.56 Å². The number of nitrogens with zero attached hydrogens (tertiary/aromatic N) is 3. The Kier molecular flexibility index (Phi) is 5.79. The fourth-order valence-corrected chi connectivity index (χ4v) is 6.04. The van der Waals surface area contributed by atoms with Gasteiger partial charge in [0.15, 0.2) is 17.4 Å². The fraction of sp³-hybridized carbons (Fsp3) is 0.750. The number of hydrogen-bond donors (Lipinski definition) is 3. The van der Waals surface area contributed by atoms with Crippen LogP contribution in [-0.2, 0) is 23.1 Å². The number of hydrogen-bond acceptors (Lipinski definition) is 9. The third-order valence-corrected chi connectivity index (χ3v) is 6.75. The highest BCUT2D eigenvalue weighted by Crippen LogP contribution is 2.58. The molecule has 13 heteroatoms. The minimum atomic E-state index is -4.47. The smallest absolute Gasteiger partial charge is 0.371 e. The van der Waals surface area contributed by atoms with Crippen molar-refractivity contribution in [2.24, 2.45) is 5.41 Å². The molecule has 2 aromatic rings. The number of aromatic amines is 1. The zero-order valence-electron chi connectivity index (χ0n) is 19.7. The van der Waals surface area contributed by atoms with Crippen molar-refractivity contribution in [3.05, 3.63) is 16.7 Å². The Bertz CT molecular complexity index is 1150. The highest BCUT2D eigenvalue weighted by molar-refractivity contribution is 7.47. The zero-order valence-corrected chi connectivity index (χ0v) is 20.6. The Morgan fingerprint density at radius 1 is 1.36 bits per heavy atom. The number of aromatic nitrogens is 4. The first-order valence-electron chi connectivity index (χ1n) is 10.8. The second-order valence-corrected chi connectivity index (χ2v) is 12.2. The molecule has 2 fully saturated rings. The number of fused-ring (bicyclic) bond motifs is 3. The minimum absolute atomic E-state index is 0.0632. The highest BCUT2D eigenvalue weighted by Gasteiger charge is 2.62. The lowest BCUT2D eigenvalue weighted by atomic mass is 9.76. The summed E-state index contributed by atoms with van der Waals surface area (Å²) in [6.07, 6.45) is -0.101. The van der Waals surface area contributed by atoms with Crippen molar-refractivity contribution in [3.8, 4) is 0 Å². The first kappa shape index (κ1) is 24.3. The van der Waals surface area contributed by atoms with Crippen LogP contribution in [0.5, 0.6) is 0 Å². The summed E-state index contributed by atoms with van der Waals surface area (Å²) in [5.74, 6) is -0.0632. The number of anilines is 1. The molecule has 4 heterocycles. The largest absolute Gasteiger partial charge is 0.473 e. The third-order valence-electron chi connectivity index (χ3n) is 5.48. The number of nitrogens with one attached hydrogen (secondary N) is 1. The fourth-order valence-electron chi connectivity index (χ4n) is 4.70. The molecule has 2 aliphatic rings. The quantitative estimate of drug-likeness (QED) is 0.536. The van der Waals surface area contributed by atoms with E-state index in [1.807, 2.05) is 0 Å². The van der Waals surface area contributed by atoms with E-state index < -0.39 is 43.0 Å². The van der Waals surface area contributed by atoms with Crippen LogP contribution >= 0.6 is 7.82 Å². The van der Waals surface area contributed by atoms with Crippen LogP contribution in [-0.4, -0.2) is 54.4 Å². The number of imidazole rings is 1. The molecule has 184 valence electrons. The number of rotatable bonds is 5. The van der Waals surface area contributed by atoms with Crippen LogP contribution in [0.4, 0.5) is 5.95 Å². The SMILES string of the molecule is CC(C)(C)C[C@@]12CCO[C@@H]([C@H](n3cnc4c(=O)[nH]c(N)nc43)O1)[C@@H]2OP(=O)(O)OC(C)(C)C. The molecule has 12 nitrogen and oxygen atoms in total. The van der Waals surface area contributed by atoms with Crippen molar-refractivity contribution in [1.82, 2.24) is 19.5 Å². The van der Waals surface area contributed by atoms with Gasteiger partial charge in [0, 0.05) is 6.42 Å². The monoisotopic (exact) mass is 485 g/mol. The van der Waals surface area contributed by atoms with Crippen LogP contribution in [0, 0.1) is 5.41 Å². The van der Waals surface area contributed by atoms with E-state index in [4.69, 9.17) is 24.3 Å². The van der Waals surface area contributed by atoms with Crippen molar-refractivity contribution in [3.63, 3.8) is 0 Å². The summed E-state index contributed by atoms with van der Waals surface area (Å²) >= 11 is 0. The Labute approximate surface area is 191 Å². The molecule has 2 aromatic heterocycles. The lowest BCUT2D eigenvalue weighted by Gasteiger charge is -2.42. The molecular weight excluding hydrogens is 453 g/mol. The van der Waals surface area contributed by atoms with E-state index in [1.54, 1.807) is 25.3 Å². The predicted octanol–water partition coefficient (Wildman–Crippen LogP) is 2.50. The van der Waals surface area contributed by atoms with Gasteiger partial charge in [-0.05, 0) is 32.6 Å². The Hall–Kier alpha value is -1.82. The maximum absolute atomic E-state index is 12.9. The van der Waals surface area contributed by atoms with Crippen molar-refractivity contribution >= 4 is 24.9 Å². The highest BCUT2D eigenvalue weighted by atomic mass is 31.2. The lowest BCUT2D eigenvalue weighted by molar-refractivity contribution is -0.137. The molecule has 0 saturated carbocycles. The average molecular weight is 485 g/mol. The molecule has 2 aliphatic heterocycles. The normalized spacial score (nSPS) is 30.0. The van der Waals surface area contributed by atoms with Crippen LogP contribution in [0.25, 0.3) is 11.2 Å². The van der Waals surface area contributed by atoms with E-state index in [2.05, 4.69) is 35.7 Å². The molecule has 4 N–H and O–H groups in total. The van der Waals surface area contributed by atoms with Gasteiger partial charge in [0.05, 0.1) is 18.5 Å². The zero-order chi connectivity index (χ0) is 24.4. The van der Waals surface area contributed by atoms with Gasteiger partial charge in [-0.15, -0.1) is 0 Å². The molecule has 0 radical (unpaired) electrons. The molecule has 0 spiro atoms. The van der Waals surface area contributed by atoms with Gasteiger partial charge in [0.2, 0.25) is 5.95 Å². The van der Waals surface area contributed by atoms with Gasteiger partial charge >= 0.3 is 7.82 Å². The van der Waals surface area contributed by atoms with E-state index in [-0.39, 0.29) is 22.5 Å². The summed E-state index contributed by atoms with van der Waals surface area (Å²) in [7, 11) is -4.47. The van der Waals surface area contributed by atoms with Gasteiger partial charge in [0.1, 0.15) is 17.8 Å². The topological polar surface area (TPSA) is 164 Å². The number of H-pyrrole nitrogens is 1. The summed E-state index contributed by atoms with van der Waals surface area (Å²) in [6, 6.07) is 0. The van der Waals surface area contributed by atoms with Crippen LogP contribution in [0.1, 0.15) is 60.6 Å². The van der Waals surface area contributed by atoms with Crippen molar-refractivity contribution in [2.45, 2.75) is 84.0 Å². The third kappa shape index (κ3) is 4.87. The summed E-state index contributed by atoms with van der Waals surface area (Å²) in [5.41, 5.74) is 3.55. The van der Waals surface area contributed by atoms with Crippen LogP contribution in [0.3, 0.4) is 0 Å². The van der Waals surface area contributed by atoms with Gasteiger partial charge in [-0.25, -0.2) is 9.55 Å². The molecule has 5 atom stereocenters. The minimum Gasteiger partial charge on any atom is -0.371 e. The standard InChI is InChI=1S/C20H32N5O7P/c1-18(2,3)9-20-7-8-29-12(13(20)31-33(27,28)32-19(4,5)6)16(30-20)25-10-22-11-14(25)23-17(21)24-15(11)26/h10,12-13,16H,7-9H2,1-6H3,(H,27,28)(H3,21,23,24,26)/t12-,13+,16-,20-/m1/s1. The summed E-state index contributed by atoms with van der Waals surface area (Å²) in [4.78, 5) is 33.6. The van der Waals surface area contributed by atoms with E-state index in [0.29, 0.717) is 19.4 Å².